The highest BCUT2D eigenvalue weighted by Gasteiger charge is 2.36. The second kappa shape index (κ2) is 3.77. The van der Waals surface area contributed by atoms with Crippen molar-refractivity contribution in [2.45, 2.75) is 37.8 Å². The first-order valence-electron chi connectivity index (χ1n) is 5.15. The van der Waals surface area contributed by atoms with E-state index in [2.05, 4.69) is 5.10 Å². The molecule has 2 rings (SSSR count). The Morgan fingerprint density at radius 2 is 2.53 bits per heavy atom. The quantitative estimate of drug-likeness (QED) is 0.803. The van der Waals surface area contributed by atoms with Crippen LogP contribution >= 0.6 is 11.6 Å². The van der Waals surface area contributed by atoms with E-state index < -0.39 is 5.54 Å². The average Bonchev–Trinajstić information content (AvgIpc) is 2.73. The minimum atomic E-state index is -0.434. The number of halogens is 1. The predicted octanol–water partition coefficient (Wildman–Crippen LogP) is 1.26. The molecule has 4 nitrogen and oxygen atoms in total. The van der Waals surface area contributed by atoms with E-state index in [1.165, 1.54) is 0 Å². The number of rotatable bonds is 2. The minimum absolute atomic E-state index is 0.0392. The fourth-order valence-corrected chi connectivity index (χ4v) is 2.28. The number of hydrogen-bond donors (Lipinski definition) is 2. The van der Waals surface area contributed by atoms with Gasteiger partial charge in [-0.1, -0.05) is 11.6 Å². The van der Waals surface area contributed by atoms with Gasteiger partial charge < -0.3 is 10.8 Å². The van der Waals surface area contributed by atoms with Gasteiger partial charge in [0.1, 0.15) is 0 Å². The van der Waals surface area contributed by atoms with Gasteiger partial charge in [0.05, 0.1) is 23.4 Å². The molecule has 1 aromatic heterocycles. The van der Waals surface area contributed by atoms with Crippen LogP contribution in [0.15, 0.2) is 6.20 Å². The number of hydrogen-bond acceptors (Lipinski definition) is 3. The van der Waals surface area contributed by atoms with Crippen molar-refractivity contribution >= 4 is 11.6 Å². The Morgan fingerprint density at radius 3 is 3.00 bits per heavy atom. The van der Waals surface area contributed by atoms with Gasteiger partial charge in [0.25, 0.3) is 0 Å². The second-order valence-electron chi connectivity index (χ2n) is 4.46. The maximum Gasteiger partial charge on any atom is 0.0815 e. The highest BCUT2D eigenvalue weighted by atomic mass is 35.5. The average molecular weight is 230 g/mol. The zero-order valence-electron chi connectivity index (χ0n) is 8.78. The van der Waals surface area contributed by atoms with Gasteiger partial charge in [0, 0.05) is 11.7 Å². The number of nitrogens with zero attached hydrogens (tertiary/aromatic N) is 2. The Balaban J connectivity index is 2.14. The summed E-state index contributed by atoms with van der Waals surface area (Å²) < 4.78 is 1.88. The first-order valence-corrected chi connectivity index (χ1v) is 5.53. The van der Waals surface area contributed by atoms with Crippen molar-refractivity contribution in [2.75, 3.05) is 6.61 Å². The monoisotopic (exact) mass is 229 g/mol. The molecule has 1 aromatic rings. The highest BCUT2D eigenvalue weighted by Crippen LogP contribution is 2.36. The fraction of sp³-hybridized carbons (Fsp3) is 0.700. The Bertz CT molecular complexity index is 346. The molecule has 0 saturated heterocycles. The molecule has 0 amide bonds. The first kappa shape index (κ1) is 10.9. The van der Waals surface area contributed by atoms with Crippen molar-refractivity contribution in [2.24, 2.45) is 5.73 Å². The Morgan fingerprint density at radius 1 is 1.80 bits per heavy atom. The topological polar surface area (TPSA) is 64.1 Å². The van der Waals surface area contributed by atoms with E-state index in [-0.39, 0.29) is 12.6 Å². The lowest BCUT2D eigenvalue weighted by atomic mass is 10.0. The molecule has 15 heavy (non-hydrogen) atoms. The summed E-state index contributed by atoms with van der Waals surface area (Å²) in [6.07, 6.45) is 4.39. The summed E-state index contributed by atoms with van der Waals surface area (Å²) in [5.41, 5.74) is 6.42. The minimum Gasteiger partial charge on any atom is -0.394 e. The van der Waals surface area contributed by atoms with E-state index >= 15 is 0 Å². The van der Waals surface area contributed by atoms with Gasteiger partial charge in [-0.3, -0.25) is 4.68 Å². The third-order valence-electron chi connectivity index (χ3n) is 3.16. The number of aromatic nitrogens is 2. The van der Waals surface area contributed by atoms with Crippen LogP contribution in [0.5, 0.6) is 0 Å². The summed E-state index contributed by atoms with van der Waals surface area (Å²) in [5, 5.41) is 14.2. The molecular weight excluding hydrogens is 214 g/mol. The van der Waals surface area contributed by atoms with E-state index in [0.29, 0.717) is 5.02 Å². The molecule has 84 valence electrons. The zero-order chi connectivity index (χ0) is 11.1. The number of aliphatic hydroxyl groups excluding tert-OH is 1. The number of nitrogens with two attached hydrogens (primary N) is 1. The molecule has 1 fully saturated rings. The standard InChI is InChI=1S/C10H16ClN3O/c1-7-9(11)5-14(13-7)8-2-3-10(12,4-8)6-15/h5,8,15H,2-4,6,12H2,1H3. The normalized spacial score (nSPS) is 31.1. The third-order valence-corrected chi connectivity index (χ3v) is 3.53. The molecule has 0 radical (unpaired) electrons. The Hall–Kier alpha value is -0.580. The summed E-state index contributed by atoms with van der Waals surface area (Å²) in [5.74, 6) is 0. The van der Waals surface area contributed by atoms with E-state index in [1.54, 1.807) is 0 Å². The van der Waals surface area contributed by atoms with Gasteiger partial charge in [0.15, 0.2) is 0 Å². The fourth-order valence-electron chi connectivity index (χ4n) is 2.14. The van der Waals surface area contributed by atoms with Crippen molar-refractivity contribution < 1.29 is 5.11 Å². The van der Waals surface area contributed by atoms with Crippen molar-refractivity contribution in [1.82, 2.24) is 9.78 Å². The lowest BCUT2D eigenvalue weighted by molar-refractivity contribution is 0.195. The summed E-state index contributed by atoms with van der Waals surface area (Å²) in [6, 6.07) is 0.272. The zero-order valence-corrected chi connectivity index (χ0v) is 9.54. The molecule has 3 N–H and O–H groups in total. The molecule has 0 aliphatic heterocycles. The summed E-state index contributed by atoms with van der Waals surface area (Å²) in [7, 11) is 0. The Kier molecular flexibility index (Phi) is 2.75. The highest BCUT2D eigenvalue weighted by molar-refractivity contribution is 6.31. The summed E-state index contributed by atoms with van der Waals surface area (Å²) >= 11 is 5.95. The molecule has 0 aromatic carbocycles. The molecular formula is C10H16ClN3O. The summed E-state index contributed by atoms with van der Waals surface area (Å²) in [4.78, 5) is 0. The number of aliphatic hydroxyl groups is 1. The van der Waals surface area contributed by atoms with Gasteiger partial charge in [-0.15, -0.1) is 0 Å². The lowest BCUT2D eigenvalue weighted by Crippen LogP contribution is -2.40. The van der Waals surface area contributed by atoms with Gasteiger partial charge in [0.2, 0.25) is 0 Å². The SMILES string of the molecule is Cc1nn(C2CCC(N)(CO)C2)cc1Cl. The van der Waals surface area contributed by atoms with Crippen LogP contribution in [0.4, 0.5) is 0 Å². The molecule has 1 aliphatic rings. The number of aryl methyl sites for hydroxylation is 1. The van der Waals surface area contributed by atoms with Crippen LogP contribution in [0, 0.1) is 6.92 Å². The molecule has 1 aliphatic carbocycles. The predicted molar refractivity (Wildman–Crippen MR) is 58.9 cm³/mol. The summed E-state index contributed by atoms with van der Waals surface area (Å²) in [6.45, 7) is 1.92. The van der Waals surface area contributed by atoms with Crippen LogP contribution in [0.25, 0.3) is 0 Å². The van der Waals surface area contributed by atoms with Crippen molar-refractivity contribution in [1.29, 1.82) is 0 Å². The van der Waals surface area contributed by atoms with Crippen molar-refractivity contribution in [3.63, 3.8) is 0 Å². The third kappa shape index (κ3) is 2.02. The van der Waals surface area contributed by atoms with Gasteiger partial charge in [-0.25, -0.2) is 0 Å². The van der Waals surface area contributed by atoms with Gasteiger partial charge in [-0.05, 0) is 26.2 Å². The lowest BCUT2D eigenvalue weighted by Gasteiger charge is -2.20. The second-order valence-corrected chi connectivity index (χ2v) is 4.87. The van der Waals surface area contributed by atoms with E-state index in [1.807, 2.05) is 17.8 Å². The van der Waals surface area contributed by atoms with Crippen LogP contribution in [0.3, 0.4) is 0 Å². The Labute approximate surface area is 94.0 Å². The van der Waals surface area contributed by atoms with Gasteiger partial charge in [-0.2, -0.15) is 5.10 Å². The van der Waals surface area contributed by atoms with E-state index in [9.17, 15) is 0 Å². The molecule has 5 heteroatoms. The van der Waals surface area contributed by atoms with E-state index in [0.717, 1.165) is 25.0 Å². The largest absolute Gasteiger partial charge is 0.394 e. The van der Waals surface area contributed by atoms with Crippen LogP contribution in [-0.2, 0) is 0 Å². The van der Waals surface area contributed by atoms with Gasteiger partial charge >= 0.3 is 0 Å². The molecule has 2 unspecified atom stereocenters. The first-order chi connectivity index (χ1) is 7.04. The molecule has 1 saturated carbocycles. The smallest absolute Gasteiger partial charge is 0.0815 e. The van der Waals surface area contributed by atoms with E-state index in [4.69, 9.17) is 22.4 Å². The molecule has 0 spiro atoms. The maximum atomic E-state index is 9.17. The van der Waals surface area contributed by atoms with Crippen molar-refractivity contribution in [3.8, 4) is 0 Å². The van der Waals surface area contributed by atoms with Crippen LogP contribution < -0.4 is 5.73 Å². The molecule has 1 heterocycles. The van der Waals surface area contributed by atoms with Crippen LogP contribution in [0.2, 0.25) is 5.02 Å². The molecule has 2 atom stereocenters. The van der Waals surface area contributed by atoms with Crippen LogP contribution in [0.1, 0.15) is 31.0 Å². The maximum absolute atomic E-state index is 9.17. The van der Waals surface area contributed by atoms with Crippen molar-refractivity contribution in [3.05, 3.63) is 16.9 Å². The molecule has 0 bridgehead atoms. The van der Waals surface area contributed by atoms with Crippen LogP contribution in [-0.4, -0.2) is 27.0 Å².